The number of nitrogens with two attached hydrogens (primary N) is 1. The number of methoxy groups -OCH3 is 1. The van der Waals surface area contributed by atoms with Crippen molar-refractivity contribution in [3.8, 4) is 0 Å². The number of nitrogens with zero attached hydrogens (tertiary/aromatic N) is 1. The van der Waals surface area contributed by atoms with Crippen molar-refractivity contribution in [2.75, 3.05) is 12.4 Å². The average molecular weight is 237 g/mol. The van der Waals surface area contributed by atoms with Gasteiger partial charge in [-0.2, -0.15) is 0 Å². The molecule has 0 bridgehead atoms. The molecule has 1 aromatic heterocycles. The van der Waals surface area contributed by atoms with Crippen molar-refractivity contribution in [3.63, 3.8) is 0 Å². The summed E-state index contributed by atoms with van der Waals surface area (Å²) in [6.45, 7) is 1.82. The Labute approximate surface area is 99.2 Å². The van der Waals surface area contributed by atoms with Crippen LogP contribution < -0.4 is 11.1 Å². The second-order valence-corrected chi connectivity index (χ2v) is 3.64. The summed E-state index contributed by atoms with van der Waals surface area (Å²) in [5.41, 5.74) is 5.98. The standard InChI is InChI=1S/C11H15N3O3/c1-7(5-10(12)15)14-8-3-4-13-9(6-8)11(16)17-2/h3-4,6-7H,5H2,1-2H3,(H2,12,15)(H,13,14). The van der Waals surface area contributed by atoms with Gasteiger partial charge in [0, 0.05) is 24.3 Å². The summed E-state index contributed by atoms with van der Waals surface area (Å²) in [7, 11) is 1.29. The van der Waals surface area contributed by atoms with Crippen LogP contribution in [-0.4, -0.2) is 30.0 Å². The lowest BCUT2D eigenvalue weighted by Gasteiger charge is -2.13. The van der Waals surface area contributed by atoms with Gasteiger partial charge in [-0.15, -0.1) is 0 Å². The van der Waals surface area contributed by atoms with Gasteiger partial charge in [0.15, 0.2) is 0 Å². The average Bonchev–Trinajstić information content (AvgIpc) is 2.27. The molecule has 1 aromatic rings. The smallest absolute Gasteiger partial charge is 0.356 e. The number of pyridine rings is 1. The van der Waals surface area contributed by atoms with Crippen molar-refractivity contribution in [1.29, 1.82) is 0 Å². The predicted octanol–water partition coefficient (Wildman–Crippen LogP) is 0.544. The van der Waals surface area contributed by atoms with E-state index in [9.17, 15) is 9.59 Å². The molecule has 0 spiro atoms. The summed E-state index contributed by atoms with van der Waals surface area (Å²) in [6.07, 6.45) is 1.71. The Kier molecular flexibility index (Phi) is 4.45. The molecule has 1 rings (SSSR count). The fourth-order valence-electron chi connectivity index (χ4n) is 1.37. The van der Waals surface area contributed by atoms with Crippen LogP contribution in [0.25, 0.3) is 0 Å². The summed E-state index contributed by atoms with van der Waals surface area (Å²) in [4.78, 5) is 25.8. The Morgan fingerprint density at radius 2 is 2.29 bits per heavy atom. The summed E-state index contributed by atoms with van der Waals surface area (Å²) < 4.78 is 4.56. The van der Waals surface area contributed by atoms with E-state index in [-0.39, 0.29) is 24.1 Å². The second-order valence-electron chi connectivity index (χ2n) is 3.64. The topological polar surface area (TPSA) is 94.3 Å². The van der Waals surface area contributed by atoms with E-state index >= 15 is 0 Å². The van der Waals surface area contributed by atoms with Gasteiger partial charge in [-0.05, 0) is 19.1 Å². The summed E-state index contributed by atoms with van der Waals surface area (Å²) >= 11 is 0. The Morgan fingerprint density at radius 1 is 1.59 bits per heavy atom. The normalized spacial score (nSPS) is 11.6. The molecule has 0 fully saturated rings. The summed E-state index contributed by atoms with van der Waals surface area (Å²) in [5.74, 6) is -0.886. The molecule has 0 aliphatic rings. The molecule has 0 aliphatic heterocycles. The third kappa shape index (κ3) is 4.10. The van der Waals surface area contributed by atoms with Gasteiger partial charge in [0.2, 0.25) is 5.91 Å². The highest BCUT2D eigenvalue weighted by atomic mass is 16.5. The van der Waals surface area contributed by atoms with Gasteiger partial charge in [-0.25, -0.2) is 9.78 Å². The Bertz CT molecular complexity index is 420. The van der Waals surface area contributed by atoms with Crippen molar-refractivity contribution in [3.05, 3.63) is 24.0 Å². The van der Waals surface area contributed by atoms with Crippen LogP contribution in [-0.2, 0) is 9.53 Å². The van der Waals surface area contributed by atoms with E-state index in [0.717, 1.165) is 0 Å². The summed E-state index contributed by atoms with van der Waals surface area (Å²) in [6, 6.07) is 3.15. The largest absolute Gasteiger partial charge is 0.464 e. The van der Waals surface area contributed by atoms with Crippen molar-refractivity contribution in [2.45, 2.75) is 19.4 Å². The number of aromatic nitrogens is 1. The fourth-order valence-corrected chi connectivity index (χ4v) is 1.37. The van der Waals surface area contributed by atoms with Crippen LogP contribution in [0.2, 0.25) is 0 Å². The molecule has 0 aliphatic carbocycles. The quantitative estimate of drug-likeness (QED) is 0.729. The lowest BCUT2D eigenvalue weighted by Crippen LogP contribution is -2.24. The molecule has 0 saturated heterocycles. The number of hydrogen-bond acceptors (Lipinski definition) is 5. The molecule has 92 valence electrons. The van der Waals surface area contributed by atoms with Gasteiger partial charge in [0.1, 0.15) is 5.69 Å². The number of carbonyl (C=O) groups excluding carboxylic acids is 2. The van der Waals surface area contributed by atoms with E-state index in [1.807, 2.05) is 6.92 Å². The van der Waals surface area contributed by atoms with Crippen molar-refractivity contribution in [2.24, 2.45) is 5.73 Å². The number of esters is 1. The van der Waals surface area contributed by atoms with Crippen molar-refractivity contribution >= 4 is 17.6 Å². The number of amides is 1. The number of primary amides is 1. The van der Waals surface area contributed by atoms with Crippen LogP contribution in [0.1, 0.15) is 23.8 Å². The van der Waals surface area contributed by atoms with E-state index in [4.69, 9.17) is 5.73 Å². The number of ether oxygens (including phenoxy) is 1. The van der Waals surface area contributed by atoms with Crippen LogP contribution in [0.15, 0.2) is 18.3 Å². The minimum atomic E-state index is -0.504. The van der Waals surface area contributed by atoms with E-state index in [2.05, 4.69) is 15.0 Å². The molecule has 6 nitrogen and oxygen atoms in total. The molecule has 3 N–H and O–H groups in total. The monoisotopic (exact) mass is 237 g/mol. The molecule has 0 saturated carbocycles. The van der Waals surface area contributed by atoms with Gasteiger partial charge >= 0.3 is 5.97 Å². The zero-order chi connectivity index (χ0) is 12.8. The molecule has 1 atom stereocenters. The van der Waals surface area contributed by atoms with E-state index in [0.29, 0.717) is 5.69 Å². The molecule has 0 radical (unpaired) electrons. The molecule has 1 heterocycles. The van der Waals surface area contributed by atoms with Crippen LogP contribution in [0, 0.1) is 0 Å². The lowest BCUT2D eigenvalue weighted by atomic mass is 10.2. The first-order chi connectivity index (χ1) is 8.02. The van der Waals surface area contributed by atoms with Gasteiger partial charge < -0.3 is 15.8 Å². The van der Waals surface area contributed by atoms with Crippen molar-refractivity contribution < 1.29 is 14.3 Å². The zero-order valence-corrected chi connectivity index (χ0v) is 9.77. The molecule has 1 amide bonds. The first kappa shape index (κ1) is 13.0. The van der Waals surface area contributed by atoms with Crippen LogP contribution in [0.4, 0.5) is 5.69 Å². The Balaban J connectivity index is 2.72. The third-order valence-corrected chi connectivity index (χ3v) is 2.07. The molecular formula is C11H15N3O3. The molecule has 6 heteroatoms. The Morgan fingerprint density at radius 3 is 2.88 bits per heavy atom. The number of nitrogens with one attached hydrogen (secondary N) is 1. The van der Waals surface area contributed by atoms with Crippen molar-refractivity contribution in [1.82, 2.24) is 4.98 Å². The van der Waals surface area contributed by atoms with Gasteiger partial charge in [0.05, 0.1) is 7.11 Å². The summed E-state index contributed by atoms with van der Waals surface area (Å²) in [5, 5.41) is 3.04. The van der Waals surface area contributed by atoms with Crippen LogP contribution >= 0.6 is 0 Å². The Hall–Kier alpha value is -2.11. The van der Waals surface area contributed by atoms with Crippen LogP contribution in [0.5, 0.6) is 0 Å². The maximum absolute atomic E-state index is 11.2. The third-order valence-electron chi connectivity index (χ3n) is 2.07. The van der Waals surface area contributed by atoms with E-state index in [1.165, 1.54) is 13.3 Å². The second kappa shape index (κ2) is 5.83. The highest BCUT2D eigenvalue weighted by Crippen LogP contribution is 2.11. The van der Waals surface area contributed by atoms with E-state index < -0.39 is 5.97 Å². The SMILES string of the molecule is COC(=O)c1cc(NC(C)CC(N)=O)ccn1. The highest BCUT2D eigenvalue weighted by molar-refractivity contribution is 5.88. The predicted molar refractivity (Wildman–Crippen MR) is 62.5 cm³/mol. The minimum Gasteiger partial charge on any atom is -0.464 e. The number of hydrogen-bond donors (Lipinski definition) is 2. The van der Waals surface area contributed by atoms with Gasteiger partial charge in [-0.3, -0.25) is 4.79 Å². The lowest BCUT2D eigenvalue weighted by molar-refractivity contribution is -0.118. The highest BCUT2D eigenvalue weighted by Gasteiger charge is 2.10. The number of anilines is 1. The first-order valence-corrected chi connectivity index (χ1v) is 5.12. The molecule has 1 unspecified atom stereocenters. The number of rotatable bonds is 5. The van der Waals surface area contributed by atoms with Gasteiger partial charge in [0.25, 0.3) is 0 Å². The zero-order valence-electron chi connectivity index (χ0n) is 9.77. The molecule has 0 aromatic carbocycles. The van der Waals surface area contributed by atoms with Crippen LogP contribution in [0.3, 0.4) is 0 Å². The maximum Gasteiger partial charge on any atom is 0.356 e. The van der Waals surface area contributed by atoms with Gasteiger partial charge in [-0.1, -0.05) is 0 Å². The fraction of sp³-hybridized carbons (Fsp3) is 0.364. The molecular weight excluding hydrogens is 222 g/mol. The first-order valence-electron chi connectivity index (χ1n) is 5.12. The number of carbonyl (C=O) groups is 2. The maximum atomic E-state index is 11.2. The molecule has 17 heavy (non-hydrogen) atoms. The van der Waals surface area contributed by atoms with E-state index in [1.54, 1.807) is 12.1 Å². The minimum absolute atomic E-state index is 0.111.